The normalized spacial score (nSPS) is 10.6. The highest BCUT2D eigenvalue weighted by Gasteiger charge is 2.19. The summed E-state index contributed by atoms with van der Waals surface area (Å²) in [5, 5.41) is 4.75. The number of carbonyl (C=O) groups is 1. The van der Waals surface area contributed by atoms with Crippen molar-refractivity contribution in [1.29, 1.82) is 0 Å². The molecule has 0 spiro atoms. The van der Waals surface area contributed by atoms with Crippen LogP contribution in [0.5, 0.6) is 11.5 Å². The zero-order valence-electron chi connectivity index (χ0n) is 14.5. The molecule has 0 atom stereocenters. The molecule has 0 aliphatic heterocycles. The van der Waals surface area contributed by atoms with E-state index < -0.39 is 0 Å². The minimum Gasteiger partial charge on any atom is -0.495 e. The average Bonchev–Trinajstić information content (AvgIpc) is 2.64. The number of rotatable bonds is 5. The lowest BCUT2D eigenvalue weighted by Crippen LogP contribution is -2.15. The van der Waals surface area contributed by atoms with Gasteiger partial charge >= 0.3 is 0 Å². The molecule has 0 bridgehead atoms. The van der Waals surface area contributed by atoms with Crippen molar-refractivity contribution in [2.45, 2.75) is 6.92 Å². The van der Waals surface area contributed by atoms with Crippen molar-refractivity contribution in [2.75, 3.05) is 24.8 Å². The minimum atomic E-state index is -0.302. The van der Waals surface area contributed by atoms with E-state index in [1.807, 2.05) is 31.2 Å². The van der Waals surface area contributed by atoms with Gasteiger partial charge in [-0.2, -0.15) is 0 Å². The van der Waals surface area contributed by atoms with E-state index in [0.717, 1.165) is 15.2 Å². The van der Waals surface area contributed by atoms with Crippen molar-refractivity contribution in [3.63, 3.8) is 0 Å². The number of carbonyl (C=O) groups excluding carboxylic acids is 1. The molecule has 3 aromatic rings. The van der Waals surface area contributed by atoms with Gasteiger partial charge in [-0.1, -0.05) is 24.3 Å². The van der Waals surface area contributed by atoms with E-state index in [9.17, 15) is 4.79 Å². The third-order valence-electron chi connectivity index (χ3n) is 3.97. The maximum atomic E-state index is 12.9. The molecule has 3 N–H and O–H groups in total. The molecule has 5 nitrogen and oxygen atoms in total. The Labute approximate surface area is 160 Å². The van der Waals surface area contributed by atoms with E-state index in [-0.39, 0.29) is 5.91 Å². The van der Waals surface area contributed by atoms with Crippen LogP contribution in [0, 0.1) is 0 Å². The van der Waals surface area contributed by atoms with E-state index in [1.54, 1.807) is 24.3 Å². The second-order valence-electron chi connectivity index (χ2n) is 5.63. The lowest BCUT2D eigenvalue weighted by Gasteiger charge is -2.15. The first-order valence-corrected chi connectivity index (χ1v) is 8.93. The molecule has 3 rings (SSSR count). The lowest BCUT2D eigenvalue weighted by atomic mass is 10.0. The van der Waals surface area contributed by atoms with Gasteiger partial charge in [0.1, 0.15) is 11.5 Å². The van der Waals surface area contributed by atoms with Crippen LogP contribution in [0.25, 0.3) is 10.8 Å². The monoisotopic (exact) mass is 414 g/mol. The van der Waals surface area contributed by atoms with Gasteiger partial charge in [-0.25, -0.2) is 0 Å². The summed E-state index contributed by atoms with van der Waals surface area (Å²) in [6.45, 7) is 2.45. The van der Waals surface area contributed by atoms with Crippen molar-refractivity contribution >= 4 is 44.0 Å². The minimum absolute atomic E-state index is 0.302. The molecule has 0 aromatic heterocycles. The van der Waals surface area contributed by atoms with E-state index >= 15 is 0 Å². The van der Waals surface area contributed by atoms with Crippen LogP contribution in [-0.2, 0) is 0 Å². The van der Waals surface area contributed by atoms with Crippen molar-refractivity contribution in [3.8, 4) is 11.5 Å². The molecule has 134 valence electrons. The molecule has 0 aliphatic rings. The van der Waals surface area contributed by atoms with Crippen LogP contribution in [0.15, 0.2) is 53.0 Å². The molecule has 26 heavy (non-hydrogen) atoms. The molecule has 0 fully saturated rings. The summed E-state index contributed by atoms with van der Waals surface area (Å²) in [5.41, 5.74) is 7.41. The Morgan fingerprint density at radius 3 is 2.65 bits per heavy atom. The number of fused-ring (bicyclic) bond motifs is 1. The topological polar surface area (TPSA) is 73.6 Å². The number of hydrogen-bond donors (Lipinski definition) is 2. The number of hydrogen-bond acceptors (Lipinski definition) is 4. The molecule has 0 unspecified atom stereocenters. The molecule has 0 saturated heterocycles. The first kappa shape index (κ1) is 18.1. The highest BCUT2D eigenvalue weighted by Crippen LogP contribution is 2.37. The van der Waals surface area contributed by atoms with E-state index in [1.165, 1.54) is 7.11 Å². The first-order chi connectivity index (χ1) is 12.5. The Morgan fingerprint density at radius 1 is 1.19 bits per heavy atom. The van der Waals surface area contributed by atoms with Gasteiger partial charge in [0.2, 0.25) is 0 Å². The van der Waals surface area contributed by atoms with Crippen molar-refractivity contribution in [3.05, 3.63) is 58.6 Å². The quantitative estimate of drug-likeness (QED) is 0.585. The second-order valence-corrected chi connectivity index (χ2v) is 6.42. The van der Waals surface area contributed by atoms with Crippen LogP contribution in [0.3, 0.4) is 0 Å². The lowest BCUT2D eigenvalue weighted by molar-refractivity contribution is 0.102. The highest BCUT2D eigenvalue weighted by molar-refractivity contribution is 9.10. The van der Waals surface area contributed by atoms with Gasteiger partial charge in [0.25, 0.3) is 5.91 Å². The van der Waals surface area contributed by atoms with E-state index in [2.05, 4.69) is 21.2 Å². The Hall–Kier alpha value is -2.73. The SMILES string of the molecule is CCOc1ccc(NC(=O)c2cc3ccccc3c(Br)c2OC)c(N)c1. The number of anilines is 2. The molecule has 6 heteroatoms. The maximum Gasteiger partial charge on any atom is 0.259 e. The van der Waals surface area contributed by atoms with Crippen LogP contribution in [0.4, 0.5) is 11.4 Å². The largest absolute Gasteiger partial charge is 0.495 e. The Morgan fingerprint density at radius 2 is 1.96 bits per heavy atom. The summed E-state index contributed by atoms with van der Waals surface area (Å²) in [7, 11) is 1.54. The van der Waals surface area contributed by atoms with Crippen LogP contribution in [-0.4, -0.2) is 19.6 Å². The van der Waals surface area contributed by atoms with E-state index in [4.69, 9.17) is 15.2 Å². The number of benzene rings is 3. The summed E-state index contributed by atoms with van der Waals surface area (Å²) < 4.78 is 11.6. The second kappa shape index (κ2) is 7.66. The van der Waals surface area contributed by atoms with Gasteiger partial charge in [-0.3, -0.25) is 4.79 Å². The molecule has 0 radical (unpaired) electrons. The zero-order valence-corrected chi connectivity index (χ0v) is 16.1. The van der Waals surface area contributed by atoms with Crippen molar-refractivity contribution in [2.24, 2.45) is 0 Å². The average molecular weight is 415 g/mol. The van der Waals surface area contributed by atoms with Gasteiger partial charge < -0.3 is 20.5 Å². The van der Waals surface area contributed by atoms with Crippen LogP contribution in [0.2, 0.25) is 0 Å². The molecular formula is C20H19BrN2O3. The van der Waals surface area contributed by atoms with Crippen LogP contribution < -0.4 is 20.5 Å². The van der Waals surface area contributed by atoms with Crippen LogP contribution in [0.1, 0.15) is 17.3 Å². The number of nitrogens with one attached hydrogen (secondary N) is 1. The van der Waals surface area contributed by atoms with Crippen molar-refractivity contribution in [1.82, 2.24) is 0 Å². The summed E-state index contributed by atoms with van der Waals surface area (Å²) in [4.78, 5) is 12.9. The van der Waals surface area contributed by atoms with Gasteiger partial charge in [0.05, 0.1) is 35.1 Å². The summed E-state index contributed by atoms with van der Waals surface area (Å²) in [6.07, 6.45) is 0. The Kier molecular flexibility index (Phi) is 5.32. The fourth-order valence-electron chi connectivity index (χ4n) is 2.75. The fraction of sp³-hybridized carbons (Fsp3) is 0.150. The number of nitrogens with two attached hydrogens (primary N) is 1. The molecule has 0 aliphatic carbocycles. The number of halogens is 1. The number of nitrogen functional groups attached to an aromatic ring is 1. The van der Waals surface area contributed by atoms with Crippen molar-refractivity contribution < 1.29 is 14.3 Å². The molecule has 3 aromatic carbocycles. The van der Waals surface area contributed by atoms with Gasteiger partial charge in [-0.15, -0.1) is 0 Å². The third kappa shape index (κ3) is 3.46. The molecule has 0 saturated carbocycles. The number of methoxy groups -OCH3 is 1. The van der Waals surface area contributed by atoms with E-state index in [0.29, 0.717) is 35.0 Å². The zero-order chi connectivity index (χ0) is 18.7. The number of amides is 1. The number of ether oxygens (including phenoxy) is 2. The van der Waals surface area contributed by atoms with Gasteiger partial charge in [0.15, 0.2) is 0 Å². The first-order valence-electron chi connectivity index (χ1n) is 8.14. The maximum absolute atomic E-state index is 12.9. The van der Waals surface area contributed by atoms with Gasteiger partial charge in [-0.05, 0) is 51.8 Å². The predicted molar refractivity (Wildman–Crippen MR) is 108 cm³/mol. The smallest absolute Gasteiger partial charge is 0.259 e. The summed E-state index contributed by atoms with van der Waals surface area (Å²) >= 11 is 3.54. The summed E-state index contributed by atoms with van der Waals surface area (Å²) in [5.74, 6) is 0.837. The Bertz CT molecular complexity index is 973. The van der Waals surface area contributed by atoms with Crippen LogP contribution >= 0.6 is 15.9 Å². The molecule has 1 amide bonds. The fourth-order valence-corrected chi connectivity index (χ4v) is 3.49. The third-order valence-corrected chi connectivity index (χ3v) is 4.76. The van der Waals surface area contributed by atoms with Gasteiger partial charge in [0, 0.05) is 6.07 Å². The standard InChI is InChI=1S/C20H19BrN2O3/c1-3-26-13-8-9-17(16(22)11-13)23-20(24)15-10-12-6-4-5-7-14(12)18(21)19(15)25-2/h4-11H,3,22H2,1-2H3,(H,23,24). The Balaban J connectivity index is 1.97. The predicted octanol–water partition coefficient (Wildman–Crippen LogP) is 4.84. The summed E-state index contributed by atoms with van der Waals surface area (Å²) in [6, 6.07) is 14.8. The molecular weight excluding hydrogens is 396 g/mol. The molecule has 0 heterocycles. The highest BCUT2D eigenvalue weighted by atomic mass is 79.9.